The maximum Gasteiger partial charge on any atom is -0.0260 e. The lowest BCUT2D eigenvalue weighted by molar-refractivity contribution is 0.272. The SMILES string of the molecule is C=C(C)C[C@]1(CC)CC[C@@H](C)C1. The number of allylic oxidation sites excluding steroid dienone is 1. The molecule has 0 N–H and O–H groups in total. The molecule has 0 saturated heterocycles. The van der Waals surface area contributed by atoms with E-state index in [9.17, 15) is 0 Å². The normalized spacial score (nSPS) is 35.4. The standard InChI is InChI=1S/C12H22/c1-5-12(8-10(2)3)7-6-11(4)9-12/h11H,2,5-9H2,1,3-4H3/t11-,12+/m1/s1. The highest BCUT2D eigenvalue weighted by Crippen LogP contribution is 2.47. The molecule has 1 rings (SSSR count). The predicted octanol–water partition coefficient (Wildman–Crippen LogP) is 4.17. The van der Waals surface area contributed by atoms with Crippen LogP contribution in [0.25, 0.3) is 0 Å². The van der Waals surface area contributed by atoms with Gasteiger partial charge in [-0.2, -0.15) is 0 Å². The third kappa shape index (κ3) is 2.12. The van der Waals surface area contributed by atoms with E-state index < -0.39 is 0 Å². The number of hydrogen-bond acceptors (Lipinski definition) is 0. The van der Waals surface area contributed by atoms with Gasteiger partial charge in [0.1, 0.15) is 0 Å². The van der Waals surface area contributed by atoms with Crippen molar-refractivity contribution in [2.75, 3.05) is 0 Å². The molecule has 1 aliphatic carbocycles. The van der Waals surface area contributed by atoms with Gasteiger partial charge in [-0.15, -0.1) is 6.58 Å². The fourth-order valence-electron chi connectivity index (χ4n) is 2.74. The summed E-state index contributed by atoms with van der Waals surface area (Å²) in [4.78, 5) is 0. The summed E-state index contributed by atoms with van der Waals surface area (Å²) in [6.07, 6.45) is 6.88. The molecule has 0 nitrogen and oxygen atoms in total. The van der Waals surface area contributed by atoms with Gasteiger partial charge < -0.3 is 0 Å². The van der Waals surface area contributed by atoms with Crippen LogP contribution in [-0.4, -0.2) is 0 Å². The molecule has 0 aliphatic heterocycles. The number of hydrogen-bond donors (Lipinski definition) is 0. The Hall–Kier alpha value is -0.260. The summed E-state index contributed by atoms with van der Waals surface area (Å²) in [5.41, 5.74) is 2.00. The van der Waals surface area contributed by atoms with Gasteiger partial charge in [0.25, 0.3) is 0 Å². The van der Waals surface area contributed by atoms with Crippen LogP contribution in [0.5, 0.6) is 0 Å². The third-order valence-corrected chi connectivity index (χ3v) is 3.38. The van der Waals surface area contributed by atoms with E-state index in [2.05, 4.69) is 27.4 Å². The summed E-state index contributed by atoms with van der Waals surface area (Å²) in [5.74, 6) is 0.948. The molecule has 70 valence electrons. The molecule has 0 radical (unpaired) electrons. The van der Waals surface area contributed by atoms with Crippen LogP contribution in [0.4, 0.5) is 0 Å². The van der Waals surface area contributed by atoms with E-state index in [0.717, 1.165) is 5.92 Å². The van der Waals surface area contributed by atoms with E-state index in [1.165, 1.54) is 37.7 Å². The summed E-state index contributed by atoms with van der Waals surface area (Å²) in [6.45, 7) is 10.9. The van der Waals surface area contributed by atoms with Gasteiger partial charge in [-0.05, 0) is 37.5 Å². The van der Waals surface area contributed by atoms with Crippen molar-refractivity contribution >= 4 is 0 Å². The van der Waals surface area contributed by atoms with Crippen LogP contribution >= 0.6 is 0 Å². The summed E-state index contributed by atoms with van der Waals surface area (Å²) >= 11 is 0. The fraction of sp³-hybridized carbons (Fsp3) is 0.833. The van der Waals surface area contributed by atoms with E-state index >= 15 is 0 Å². The van der Waals surface area contributed by atoms with Crippen molar-refractivity contribution in [3.05, 3.63) is 12.2 Å². The molecule has 0 amide bonds. The second kappa shape index (κ2) is 3.64. The lowest BCUT2D eigenvalue weighted by Crippen LogP contribution is -2.15. The van der Waals surface area contributed by atoms with Crippen molar-refractivity contribution < 1.29 is 0 Å². The van der Waals surface area contributed by atoms with Gasteiger partial charge in [-0.3, -0.25) is 0 Å². The first-order valence-electron chi connectivity index (χ1n) is 5.22. The Morgan fingerprint density at radius 3 is 2.58 bits per heavy atom. The second-order valence-corrected chi connectivity index (χ2v) is 4.84. The molecule has 1 fully saturated rings. The minimum Gasteiger partial charge on any atom is -0.100 e. The van der Waals surface area contributed by atoms with Crippen molar-refractivity contribution in [3.8, 4) is 0 Å². The monoisotopic (exact) mass is 166 g/mol. The molecule has 0 heterocycles. The van der Waals surface area contributed by atoms with E-state index in [4.69, 9.17) is 0 Å². The van der Waals surface area contributed by atoms with Crippen molar-refractivity contribution in [3.63, 3.8) is 0 Å². The lowest BCUT2D eigenvalue weighted by atomic mass is 9.77. The van der Waals surface area contributed by atoms with Gasteiger partial charge in [0.2, 0.25) is 0 Å². The summed E-state index contributed by atoms with van der Waals surface area (Å²) in [7, 11) is 0. The summed E-state index contributed by atoms with van der Waals surface area (Å²) in [5, 5.41) is 0. The smallest absolute Gasteiger partial charge is 0.0260 e. The highest BCUT2D eigenvalue weighted by atomic mass is 14.4. The van der Waals surface area contributed by atoms with Crippen LogP contribution < -0.4 is 0 Å². The molecule has 2 atom stereocenters. The van der Waals surface area contributed by atoms with Crippen LogP contribution in [-0.2, 0) is 0 Å². The van der Waals surface area contributed by atoms with Gasteiger partial charge in [-0.1, -0.05) is 32.3 Å². The Balaban J connectivity index is 2.58. The molecule has 0 aromatic carbocycles. The first-order valence-corrected chi connectivity index (χ1v) is 5.22. The molecular formula is C12H22. The molecule has 12 heavy (non-hydrogen) atoms. The fourth-order valence-corrected chi connectivity index (χ4v) is 2.74. The van der Waals surface area contributed by atoms with Crippen LogP contribution in [0.3, 0.4) is 0 Å². The lowest BCUT2D eigenvalue weighted by Gasteiger charge is -2.28. The van der Waals surface area contributed by atoms with Crippen molar-refractivity contribution in [1.82, 2.24) is 0 Å². The topological polar surface area (TPSA) is 0 Å². The van der Waals surface area contributed by atoms with Crippen molar-refractivity contribution in [1.29, 1.82) is 0 Å². The quantitative estimate of drug-likeness (QED) is 0.552. The molecular weight excluding hydrogens is 144 g/mol. The number of rotatable bonds is 3. The van der Waals surface area contributed by atoms with Crippen molar-refractivity contribution in [2.45, 2.75) is 52.9 Å². The molecule has 0 bridgehead atoms. The average molecular weight is 166 g/mol. The first-order chi connectivity index (χ1) is 5.58. The summed E-state index contributed by atoms with van der Waals surface area (Å²) < 4.78 is 0. The summed E-state index contributed by atoms with van der Waals surface area (Å²) in [6, 6.07) is 0. The average Bonchev–Trinajstić information content (AvgIpc) is 2.32. The first kappa shape index (κ1) is 9.83. The van der Waals surface area contributed by atoms with E-state index in [1.54, 1.807) is 0 Å². The predicted molar refractivity (Wildman–Crippen MR) is 55.2 cm³/mol. The molecule has 0 unspecified atom stereocenters. The minimum atomic E-state index is 0.630. The highest BCUT2D eigenvalue weighted by molar-refractivity contribution is 4.99. The van der Waals surface area contributed by atoms with Crippen LogP contribution in [0, 0.1) is 11.3 Å². The zero-order valence-electron chi connectivity index (χ0n) is 8.82. The molecule has 1 aliphatic rings. The van der Waals surface area contributed by atoms with E-state index in [1.807, 2.05) is 0 Å². The molecule has 0 aromatic rings. The molecule has 0 spiro atoms. The van der Waals surface area contributed by atoms with Gasteiger partial charge in [0, 0.05) is 0 Å². The maximum atomic E-state index is 4.04. The molecule has 0 heteroatoms. The zero-order chi connectivity index (χ0) is 9.19. The van der Waals surface area contributed by atoms with Crippen molar-refractivity contribution in [2.24, 2.45) is 11.3 Å². The van der Waals surface area contributed by atoms with Gasteiger partial charge in [0.05, 0.1) is 0 Å². The Morgan fingerprint density at radius 2 is 2.25 bits per heavy atom. The van der Waals surface area contributed by atoms with E-state index in [-0.39, 0.29) is 0 Å². The largest absolute Gasteiger partial charge is 0.100 e. The Morgan fingerprint density at radius 1 is 1.58 bits per heavy atom. The Bertz CT molecular complexity index is 169. The van der Waals surface area contributed by atoms with Crippen LogP contribution in [0.1, 0.15) is 52.9 Å². The van der Waals surface area contributed by atoms with Crippen LogP contribution in [0.2, 0.25) is 0 Å². The van der Waals surface area contributed by atoms with Crippen LogP contribution in [0.15, 0.2) is 12.2 Å². The van der Waals surface area contributed by atoms with E-state index in [0.29, 0.717) is 5.41 Å². The Labute approximate surface area is 77.1 Å². The Kier molecular flexibility index (Phi) is 2.98. The van der Waals surface area contributed by atoms with Gasteiger partial charge >= 0.3 is 0 Å². The van der Waals surface area contributed by atoms with Gasteiger partial charge in [-0.25, -0.2) is 0 Å². The highest BCUT2D eigenvalue weighted by Gasteiger charge is 2.35. The maximum absolute atomic E-state index is 4.04. The second-order valence-electron chi connectivity index (χ2n) is 4.84. The minimum absolute atomic E-state index is 0.630. The molecule has 0 aromatic heterocycles. The molecule has 1 saturated carbocycles. The third-order valence-electron chi connectivity index (χ3n) is 3.38. The van der Waals surface area contributed by atoms with Gasteiger partial charge in [0.15, 0.2) is 0 Å². The zero-order valence-corrected chi connectivity index (χ0v) is 8.82.